The number of carbonyl (C=O) groups is 2. The second kappa shape index (κ2) is 16.3. The van der Waals surface area contributed by atoms with E-state index < -0.39 is 0 Å². The Morgan fingerprint density at radius 1 is 0.600 bits per heavy atom. The van der Waals surface area contributed by atoms with E-state index in [0.717, 1.165) is 37.1 Å². The number of aliphatic hydroxyl groups is 2. The number of nitrogens with zero attached hydrogens (tertiary/aromatic N) is 2. The fraction of sp³-hybridized carbons (Fsp3) is 0.765. The van der Waals surface area contributed by atoms with Gasteiger partial charge < -0.3 is 10.2 Å². The maximum atomic E-state index is 13.0. The van der Waals surface area contributed by atoms with E-state index in [4.69, 9.17) is 9.98 Å². The summed E-state index contributed by atoms with van der Waals surface area (Å²) in [5, 5.41) is 21.9. The van der Waals surface area contributed by atoms with Crippen LogP contribution in [0.2, 0.25) is 0 Å². The minimum absolute atomic E-state index is 0.0266. The molecule has 2 aliphatic carbocycles. The highest BCUT2D eigenvalue weighted by atomic mass is 16.3. The number of carbonyl (C=O) groups excluding carboxylic acids is 2. The Morgan fingerprint density at radius 2 is 0.975 bits per heavy atom. The van der Waals surface area contributed by atoms with Gasteiger partial charge in [-0.3, -0.25) is 19.6 Å². The molecule has 6 heteroatoms. The molecule has 226 valence electrons. The molecule has 0 unspecified atom stereocenters. The van der Waals surface area contributed by atoms with Crippen molar-refractivity contribution in [2.75, 3.05) is 13.1 Å². The Hall–Kier alpha value is -2.24. The highest BCUT2D eigenvalue weighted by molar-refractivity contribution is 6.25. The van der Waals surface area contributed by atoms with Gasteiger partial charge >= 0.3 is 0 Å². The van der Waals surface area contributed by atoms with Crippen molar-refractivity contribution in [3.8, 4) is 0 Å². The Morgan fingerprint density at radius 3 is 1.32 bits per heavy atom. The number of hydrogen-bond donors (Lipinski definition) is 2. The van der Waals surface area contributed by atoms with Crippen LogP contribution in [0.25, 0.3) is 0 Å². The predicted octanol–water partition coefficient (Wildman–Crippen LogP) is 8.99. The second-order valence-electron chi connectivity index (χ2n) is 13.5. The average Bonchev–Trinajstić information content (AvgIpc) is 2.84. The van der Waals surface area contributed by atoms with Crippen LogP contribution in [0.1, 0.15) is 144 Å². The van der Waals surface area contributed by atoms with E-state index in [0.29, 0.717) is 75.6 Å². The van der Waals surface area contributed by atoms with Crippen molar-refractivity contribution in [3.05, 3.63) is 22.7 Å². The van der Waals surface area contributed by atoms with Gasteiger partial charge in [0.15, 0.2) is 11.6 Å². The molecule has 2 aliphatic rings. The molecular formula is C34H56N2O4. The highest BCUT2D eigenvalue weighted by Crippen LogP contribution is 2.37. The zero-order chi connectivity index (χ0) is 29.8. The molecular weight excluding hydrogens is 500 g/mol. The quantitative estimate of drug-likeness (QED) is 0.119. The SMILES string of the molecule is CCCCCCN=C1CC(C)(C)CC(=O)C1=C(O)CCCCC(O)=C1C(=O)CC(C)(C)CC1=NCCCCCC. The van der Waals surface area contributed by atoms with Gasteiger partial charge in [0.2, 0.25) is 0 Å². The lowest BCUT2D eigenvalue weighted by Gasteiger charge is -2.31. The first-order valence-corrected chi connectivity index (χ1v) is 15.9. The Balaban J connectivity index is 2.08. The standard InChI is InChI=1S/C34H56N2O4/c1-7-9-11-15-19-35-25-21-33(3,4)23-29(39)31(25)27(37)17-13-14-18-28(38)32-26(36-20-16-12-10-8-2)22-34(5,6)24-30(32)40/h37-38H,7-24H2,1-6H3. The van der Waals surface area contributed by atoms with Gasteiger partial charge in [0.05, 0.1) is 11.1 Å². The van der Waals surface area contributed by atoms with Crippen molar-refractivity contribution in [2.24, 2.45) is 20.8 Å². The smallest absolute Gasteiger partial charge is 0.168 e. The van der Waals surface area contributed by atoms with E-state index in [1.807, 2.05) is 0 Å². The molecule has 0 spiro atoms. The number of hydrogen-bond acceptors (Lipinski definition) is 6. The normalized spacial score (nSPS) is 23.6. The number of aliphatic hydroxyl groups excluding tert-OH is 2. The third kappa shape index (κ3) is 11.0. The van der Waals surface area contributed by atoms with Crippen molar-refractivity contribution in [3.63, 3.8) is 0 Å². The van der Waals surface area contributed by atoms with Crippen molar-refractivity contribution < 1.29 is 19.8 Å². The number of ketones is 2. The molecule has 0 bridgehead atoms. The van der Waals surface area contributed by atoms with Gasteiger partial charge in [0.1, 0.15) is 11.5 Å². The van der Waals surface area contributed by atoms with Crippen LogP contribution in [0.3, 0.4) is 0 Å². The molecule has 0 aliphatic heterocycles. The van der Waals surface area contributed by atoms with Crippen LogP contribution in [-0.2, 0) is 9.59 Å². The van der Waals surface area contributed by atoms with Gasteiger partial charge in [-0.15, -0.1) is 0 Å². The first kappa shape index (κ1) is 34.0. The molecule has 0 heterocycles. The maximum Gasteiger partial charge on any atom is 0.168 e. The summed E-state index contributed by atoms with van der Waals surface area (Å²) < 4.78 is 0. The number of allylic oxidation sites excluding steroid dienone is 4. The van der Waals surface area contributed by atoms with E-state index in [2.05, 4.69) is 41.5 Å². The zero-order valence-corrected chi connectivity index (χ0v) is 26.3. The Labute approximate surface area is 243 Å². The van der Waals surface area contributed by atoms with Crippen LogP contribution in [0.15, 0.2) is 32.6 Å². The monoisotopic (exact) mass is 556 g/mol. The molecule has 0 aromatic rings. The molecule has 2 N–H and O–H groups in total. The first-order chi connectivity index (χ1) is 18.9. The second-order valence-corrected chi connectivity index (χ2v) is 13.5. The molecule has 0 atom stereocenters. The van der Waals surface area contributed by atoms with Crippen molar-refractivity contribution in [1.82, 2.24) is 0 Å². The van der Waals surface area contributed by atoms with Gasteiger partial charge in [-0.05, 0) is 49.4 Å². The molecule has 0 aromatic carbocycles. The molecule has 2 rings (SSSR count). The van der Waals surface area contributed by atoms with Crippen LogP contribution < -0.4 is 0 Å². The summed E-state index contributed by atoms with van der Waals surface area (Å²) >= 11 is 0. The van der Waals surface area contributed by atoms with Gasteiger partial charge in [-0.1, -0.05) is 80.1 Å². The summed E-state index contributed by atoms with van der Waals surface area (Å²) in [5.41, 5.74) is 2.01. The number of rotatable bonds is 15. The maximum absolute atomic E-state index is 13.0. The molecule has 6 nitrogen and oxygen atoms in total. The number of unbranched alkanes of at least 4 members (excludes halogenated alkanes) is 7. The van der Waals surface area contributed by atoms with Crippen LogP contribution in [0, 0.1) is 10.8 Å². The van der Waals surface area contributed by atoms with Crippen LogP contribution in [0.5, 0.6) is 0 Å². The van der Waals surface area contributed by atoms with E-state index in [1.165, 1.54) is 25.7 Å². The average molecular weight is 557 g/mol. The van der Waals surface area contributed by atoms with Crippen LogP contribution in [0.4, 0.5) is 0 Å². The zero-order valence-electron chi connectivity index (χ0n) is 26.3. The highest BCUT2D eigenvalue weighted by Gasteiger charge is 2.37. The van der Waals surface area contributed by atoms with Crippen molar-refractivity contribution in [2.45, 2.75) is 144 Å². The topological polar surface area (TPSA) is 99.3 Å². The van der Waals surface area contributed by atoms with Gasteiger partial charge in [0, 0.05) is 50.2 Å². The Bertz CT molecular complexity index is 917. The van der Waals surface area contributed by atoms with Crippen LogP contribution in [-0.4, -0.2) is 46.3 Å². The lowest BCUT2D eigenvalue weighted by atomic mass is 9.73. The summed E-state index contributed by atoms with van der Waals surface area (Å²) in [6, 6.07) is 0. The fourth-order valence-electron chi connectivity index (χ4n) is 5.84. The molecule has 40 heavy (non-hydrogen) atoms. The third-order valence-electron chi connectivity index (χ3n) is 7.99. The van der Waals surface area contributed by atoms with Gasteiger partial charge in [-0.2, -0.15) is 0 Å². The van der Waals surface area contributed by atoms with Crippen LogP contribution >= 0.6 is 0 Å². The Kier molecular flexibility index (Phi) is 13.8. The molecule has 0 radical (unpaired) electrons. The lowest BCUT2D eigenvalue weighted by Crippen LogP contribution is -2.33. The molecule has 0 amide bonds. The van der Waals surface area contributed by atoms with E-state index in [1.54, 1.807) is 0 Å². The van der Waals surface area contributed by atoms with Gasteiger partial charge in [-0.25, -0.2) is 0 Å². The fourth-order valence-corrected chi connectivity index (χ4v) is 5.84. The first-order valence-electron chi connectivity index (χ1n) is 15.9. The number of aliphatic imine (C=N–C) groups is 2. The van der Waals surface area contributed by atoms with Crippen molar-refractivity contribution >= 4 is 23.0 Å². The lowest BCUT2D eigenvalue weighted by molar-refractivity contribution is -0.118. The summed E-state index contributed by atoms with van der Waals surface area (Å²) in [6.07, 6.45) is 13.1. The third-order valence-corrected chi connectivity index (χ3v) is 7.99. The predicted molar refractivity (Wildman–Crippen MR) is 167 cm³/mol. The molecule has 0 saturated heterocycles. The van der Waals surface area contributed by atoms with E-state index in [9.17, 15) is 19.8 Å². The van der Waals surface area contributed by atoms with E-state index >= 15 is 0 Å². The summed E-state index contributed by atoms with van der Waals surface area (Å²) in [4.78, 5) is 35.6. The van der Waals surface area contributed by atoms with Gasteiger partial charge in [0.25, 0.3) is 0 Å². The molecule has 2 fully saturated rings. The molecule has 2 saturated carbocycles. The van der Waals surface area contributed by atoms with E-state index in [-0.39, 0.29) is 33.9 Å². The summed E-state index contributed by atoms with van der Waals surface area (Å²) in [6.45, 7) is 14.1. The largest absolute Gasteiger partial charge is 0.511 e. The molecule has 0 aromatic heterocycles. The minimum atomic E-state index is -0.155. The van der Waals surface area contributed by atoms with Crippen molar-refractivity contribution in [1.29, 1.82) is 0 Å². The minimum Gasteiger partial charge on any atom is -0.511 e. The number of Topliss-reactive ketones (excluding diaryl/α,β-unsaturated/α-hetero) is 2. The summed E-state index contributed by atoms with van der Waals surface area (Å²) in [7, 11) is 0. The summed E-state index contributed by atoms with van der Waals surface area (Å²) in [5.74, 6) is 0.178.